The summed E-state index contributed by atoms with van der Waals surface area (Å²) in [4.78, 5) is 11.6. The minimum Gasteiger partial charge on any atom is -0.445 e. The van der Waals surface area contributed by atoms with Crippen LogP contribution in [-0.4, -0.2) is 24.4 Å². The SMILES string of the molecule is C=CN(N=C)C(=C)/C=C\C(=C)CNC(=O)OCc1ccccc1. The summed E-state index contributed by atoms with van der Waals surface area (Å²) in [7, 11) is 0. The molecule has 0 aliphatic heterocycles. The molecule has 120 valence electrons. The fraction of sp³-hybridized carbons (Fsp3) is 0.111. The number of carbonyl (C=O) groups is 1. The van der Waals surface area contributed by atoms with Gasteiger partial charge < -0.3 is 10.1 Å². The monoisotopic (exact) mass is 311 g/mol. The maximum Gasteiger partial charge on any atom is 0.407 e. The number of amides is 1. The van der Waals surface area contributed by atoms with Crippen molar-refractivity contribution in [3.8, 4) is 0 Å². The second kappa shape index (κ2) is 9.78. The molecule has 0 saturated heterocycles. The van der Waals surface area contributed by atoms with Crippen molar-refractivity contribution in [2.24, 2.45) is 5.10 Å². The average molecular weight is 311 g/mol. The lowest BCUT2D eigenvalue weighted by molar-refractivity contribution is 0.140. The summed E-state index contributed by atoms with van der Waals surface area (Å²) < 4.78 is 5.10. The number of hydrazone groups is 1. The van der Waals surface area contributed by atoms with Gasteiger partial charge in [-0.05, 0) is 17.2 Å². The Balaban J connectivity index is 2.32. The van der Waals surface area contributed by atoms with Crippen LogP contribution in [0.2, 0.25) is 0 Å². The van der Waals surface area contributed by atoms with E-state index in [0.29, 0.717) is 11.3 Å². The van der Waals surface area contributed by atoms with Crippen LogP contribution in [-0.2, 0) is 11.3 Å². The average Bonchev–Trinajstić information content (AvgIpc) is 2.58. The molecule has 1 aromatic carbocycles. The van der Waals surface area contributed by atoms with Crippen molar-refractivity contribution in [2.45, 2.75) is 6.61 Å². The van der Waals surface area contributed by atoms with Gasteiger partial charge in [-0.15, -0.1) is 0 Å². The lowest BCUT2D eigenvalue weighted by Crippen LogP contribution is -2.25. The van der Waals surface area contributed by atoms with Gasteiger partial charge >= 0.3 is 6.09 Å². The van der Waals surface area contributed by atoms with Crippen molar-refractivity contribution in [1.29, 1.82) is 0 Å². The number of hydrogen-bond donors (Lipinski definition) is 1. The molecular weight excluding hydrogens is 290 g/mol. The zero-order chi connectivity index (χ0) is 17.1. The highest BCUT2D eigenvalue weighted by atomic mass is 16.5. The Hall–Kier alpha value is -3.08. The lowest BCUT2D eigenvalue weighted by atomic mass is 10.2. The molecule has 0 heterocycles. The Morgan fingerprint density at radius 3 is 2.57 bits per heavy atom. The summed E-state index contributed by atoms with van der Waals surface area (Å²) in [5.74, 6) is 0. The Labute approximate surface area is 137 Å². The fourth-order valence-electron chi connectivity index (χ4n) is 1.57. The third kappa shape index (κ3) is 6.95. The van der Waals surface area contributed by atoms with Gasteiger partial charge in [-0.1, -0.05) is 56.1 Å². The molecule has 0 radical (unpaired) electrons. The van der Waals surface area contributed by atoms with Crippen molar-refractivity contribution in [2.75, 3.05) is 6.54 Å². The Morgan fingerprint density at radius 2 is 1.96 bits per heavy atom. The van der Waals surface area contributed by atoms with E-state index < -0.39 is 6.09 Å². The molecule has 23 heavy (non-hydrogen) atoms. The van der Waals surface area contributed by atoms with E-state index >= 15 is 0 Å². The van der Waals surface area contributed by atoms with Crippen LogP contribution in [0.5, 0.6) is 0 Å². The van der Waals surface area contributed by atoms with E-state index in [1.54, 1.807) is 12.2 Å². The predicted octanol–water partition coefficient (Wildman–Crippen LogP) is 3.60. The molecule has 0 aliphatic rings. The normalized spacial score (nSPS) is 9.91. The van der Waals surface area contributed by atoms with E-state index in [2.05, 4.69) is 36.9 Å². The van der Waals surface area contributed by atoms with Crippen molar-refractivity contribution in [1.82, 2.24) is 10.3 Å². The maximum absolute atomic E-state index is 11.6. The molecule has 0 unspecified atom stereocenters. The number of benzene rings is 1. The van der Waals surface area contributed by atoms with E-state index in [1.165, 1.54) is 11.2 Å². The van der Waals surface area contributed by atoms with Gasteiger partial charge in [-0.2, -0.15) is 5.10 Å². The summed E-state index contributed by atoms with van der Waals surface area (Å²) >= 11 is 0. The maximum atomic E-state index is 11.6. The molecule has 0 fully saturated rings. The number of ether oxygens (including phenoxy) is 1. The molecule has 1 N–H and O–H groups in total. The third-order valence-electron chi connectivity index (χ3n) is 2.80. The summed E-state index contributed by atoms with van der Waals surface area (Å²) in [6, 6.07) is 9.46. The minimum absolute atomic E-state index is 0.227. The molecular formula is C18H21N3O2. The van der Waals surface area contributed by atoms with E-state index in [9.17, 15) is 4.79 Å². The molecule has 1 rings (SSSR count). The quantitative estimate of drug-likeness (QED) is 0.431. The first kappa shape index (κ1) is 18.0. The third-order valence-corrected chi connectivity index (χ3v) is 2.80. The molecule has 0 bridgehead atoms. The number of nitrogens with one attached hydrogen (secondary N) is 1. The molecule has 0 atom stereocenters. The van der Waals surface area contributed by atoms with Crippen LogP contribution < -0.4 is 5.32 Å². The number of rotatable bonds is 9. The Kier molecular flexibility index (Phi) is 7.64. The van der Waals surface area contributed by atoms with E-state index in [0.717, 1.165) is 5.56 Å². The molecule has 1 aromatic rings. The van der Waals surface area contributed by atoms with Crippen molar-refractivity contribution in [3.05, 3.63) is 85.3 Å². The molecule has 0 aromatic heterocycles. The molecule has 0 aliphatic carbocycles. The van der Waals surface area contributed by atoms with Crippen LogP contribution >= 0.6 is 0 Å². The van der Waals surface area contributed by atoms with Crippen LogP contribution in [0.15, 0.2) is 84.8 Å². The molecule has 1 amide bonds. The van der Waals surface area contributed by atoms with Crippen LogP contribution in [0.1, 0.15) is 5.56 Å². The van der Waals surface area contributed by atoms with Gasteiger partial charge in [0, 0.05) is 19.5 Å². The van der Waals surface area contributed by atoms with Gasteiger partial charge in [0.15, 0.2) is 0 Å². The molecule has 5 nitrogen and oxygen atoms in total. The van der Waals surface area contributed by atoms with Crippen molar-refractivity contribution < 1.29 is 9.53 Å². The van der Waals surface area contributed by atoms with Gasteiger partial charge in [0.05, 0.1) is 5.70 Å². The standard InChI is InChI=1S/C18H21N3O2/c1-5-21(19-4)16(3)12-11-15(2)13-20-18(22)23-14-17-9-7-6-8-10-17/h5-12H,1-4,13-14H2,(H,20,22)/b12-11-. The van der Waals surface area contributed by atoms with E-state index in [4.69, 9.17) is 4.74 Å². The van der Waals surface area contributed by atoms with E-state index in [1.807, 2.05) is 30.3 Å². The number of allylic oxidation sites excluding steroid dienone is 1. The first-order valence-corrected chi connectivity index (χ1v) is 6.94. The summed E-state index contributed by atoms with van der Waals surface area (Å²) in [6.07, 6.45) is 4.42. The first-order chi connectivity index (χ1) is 11.1. The lowest BCUT2D eigenvalue weighted by Gasteiger charge is -2.12. The van der Waals surface area contributed by atoms with Gasteiger partial charge in [0.1, 0.15) is 6.61 Å². The van der Waals surface area contributed by atoms with Crippen LogP contribution in [0, 0.1) is 0 Å². The van der Waals surface area contributed by atoms with Crippen molar-refractivity contribution in [3.63, 3.8) is 0 Å². The van der Waals surface area contributed by atoms with Crippen LogP contribution in [0.3, 0.4) is 0 Å². The van der Waals surface area contributed by atoms with Gasteiger partial charge in [-0.3, -0.25) is 0 Å². The van der Waals surface area contributed by atoms with Crippen LogP contribution in [0.25, 0.3) is 0 Å². The summed E-state index contributed by atoms with van der Waals surface area (Å²) in [5.41, 5.74) is 2.21. The molecule has 0 saturated carbocycles. The zero-order valence-electron chi connectivity index (χ0n) is 13.1. The minimum atomic E-state index is -0.497. The molecule has 0 spiro atoms. The number of alkyl carbamates (subject to hydrolysis) is 1. The smallest absolute Gasteiger partial charge is 0.407 e. The van der Waals surface area contributed by atoms with Crippen molar-refractivity contribution >= 4 is 12.8 Å². The topological polar surface area (TPSA) is 53.9 Å². The Bertz CT molecular complexity index is 598. The number of carbonyl (C=O) groups excluding carboxylic acids is 1. The Morgan fingerprint density at radius 1 is 1.26 bits per heavy atom. The van der Waals surface area contributed by atoms with Gasteiger partial charge in [0.2, 0.25) is 0 Å². The number of hydrogen-bond acceptors (Lipinski definition) is 4. The van der Waals surface area contributed by atoms with Gasteiger partial charge in [-0.25, -0.2) is 9.80 Å². The largest absolute Gasteiger partial charge is 0.445 e. The predicted molar refractivity (Wildman–Crippen MR) is 93.6 cm³/mol. The highest BCUT2D eigenvalue weighted by Gasteiger charge is 2.02. The second-order valence-corrected chi connectivity index (χ2v) is 4.57. The fourth-order valence-corrected chi connectivity index (χ4v) is 1.57. The number of nitrogens with zero attached hydrogens (tertiary/aromatic N) is 2. The second-order valence-electron chi connectivity index (χ2n) is 4.57. The highest BCUT2D eigenvalue weighted by Crippen LogP contribution is 2.05. The molecule has 5 heteroatoms. The zero-order valence-corrected chi connectivity index (χ0v) is 13.1. The van der Waals surface area contributed by atoms with Gasteiger partial charge in [0.25, 0.3) is 0 Å². The van der Waals surface area contributed by atoms with Crippen LogP contribution in [0.4, 0.5) is 4.79 Å². The summed E-state index contributed by atoms with van der Waals surface area (Å²) in [5, 5.41) is 7.75. The first-order valence-electron chi connectivity index (χ1n) is 6.94. The summed E-state index contributed by atoms with van der Waals surface area (Å²) in [6.45, 7) is 15.1. The van der Waals surface area contributed by atoms with E-state index in [-0.39, 0.29) is 13.2 Å². The highest BCUT2D eigenvalue weighted by molar-refractivity contribution is 5.67.